The van der Waals surface area contributed by atoms with Crippen molar-refractivity contribution in [2.75, 3.05) is 19.8 Å². The summed E-state index contributed by atoms with van der Waals surface area (Å²) >= 11 is 0. The van der Waals surface area contributed by atoms with Gasteiger partial charge in [0.1, 0.15) is 19.0 Å². The van der Waals surface area contributed by atoms with Crippen LogP contribution in [0.5, 0.6) is 17.2 Å². The van der Waals surface area contributed by atoms with Crippen LogP contribution in [0.2, 0.25) is 0 Å². The fraction of sp³-hybridized carbons (Fsp3) is 0.316. The molecule has 0 aliphatic heterocycles. The molecule has 2 rings (SSSR count). The van der Waals surface area contributed by atoms with Crippen molar-refractivity contribution in [1.82, 2.24) is 0 Å². The second-order valence-electron chi connectivity index (χ2n) is 5.30. The zero-order valence-corrected chi connectivity index (χ0v) is 14.3. The monoisotopic (exact) mass is 329 g/mol. The van der Waals surface area contributed by atoms with Crippen molar-refractivity contribution < 1.29 is 19.4 Å². The first kappa shape index (κ1) is 17.7. The minimum atomic E-state index is 0.404. The van der Waals surface area contributed by atoms with Crippen molar-refractivity contribution in [3.63, 3.8) is 0 Å². The molecule has 0 amide bonds. The van der Waals surface area contributed by atoms with Gasteiger partial charge in [0.05, 0.1) is 12.8 Å². The molecule has 5 nitrogen and oxygen atoms in total. The van der Waals surface area contributed by atoms with Crippen molar-refractivity contribution in [1.29, 1.82) is 0 Å². The molecule has 0 fully saturated rings. The van der Waals surface area contributed by atoms with E-state index in [1.807, 2.05) is 39.0 Å². The fourth-order valence-electron chi connectivity index (χ4n) is 2.38. The molecule has 0 saturated carbocycles. The normalized spacial score (nSPS) is 10.8. The quantitative estimate of drug-likeness (QED) is 0.344. The van der Waals surface area contributed by atoms with E-state index in [0.29, 0.717) is 31.3 Å². The van der Waals surface area contributed by atoms with Crippen LogP contribution in [-0.4, -0.2) is 31.2 Å². The van der Waals surface area contributed by atoms with Crippen LogP contribution in [0.15, 0.2) is 41.6 Å². The van der Waals surface area contributed by atoms with E-state index in [4.69, 9.17) is 19.4 Å². The molecule has 128 valence electrons. The number of oxime groups is 1. The molecule has 1 N–H and O–H groups in total. The fourth-order valence-corrected chi connectivity index (χ4v) is 2.38. The van der Waals surface area contributed by atoms with Gasteiger partial charge in [-0.3, -0.25) is 0 Å². The van der Waals surface area contributed by atoms with E-state index < -0.39 is 0 Å². The van der Waals surface area contributed by atoms with Crippen LogP contribution in [-0.2, 0) is 0 Å². The van der Waals surface area contributed by atoms with Crippen molar-refractivity contribution in [3.8, 4) is 17.2 Å². The first-order chi connectivity index (χ1) is 11.7. The van der Waals surface area contributed by atoms with Crippen LogP contribution >= 0.6 is 0 Å². The third-order valence-electron chi connectivity index (χ3n) is 3.47. The molecule has 0 spiro atoms. The summed E-state index contributed by atoms with van der Waals surface area (Å²) in [7, 11) is 0. The Labute approximate surface area is 142 Å². The lowest BCUT2D eigenvalue weighted by atomic mass is 10.1. The molecule has 2 aromatic carbocycles. The third kappa shape index (κ3) is 4.65. The summed E-state index contributed by atoms with van der Waals surface area (Å²) in [5.74, 6) is 2.15. The van der Waals surface area contributed by atoms with Crippen molar-refractivity contribution in [2.24, 2.45) is 5.16 Å². The summed E-state index contributed by atoms with van der Waals surface area (Å²) in [4.78, 5) is 0. The van der Waals surface area contributed by atoms with Gasteiger partial charge in [0.15, 0.2) is 11.5 Å². The Morgan fingerprint density at radius 1 is 0.958 bits per heavy atom. The Morgan fingerprint density at radius 2 is 1.67 bits per heavy atom. The number of rotatable bonds is 8. The average molecular weight is 329 g/mol. The van der Waals surface area contributed by atoms with E-state index in [-0.39, 0.29) is 0 Å². The highest BCUT2D eigenvalue weighted by Crippen LogP contribution is 2.28. The molecule has 0 heterocycles. The molecule has 0 atom stereocenters. The minimum absolute atomic E-state index is 0.404. The van der Waals surface area contributed by atoms with E-state index >= 15 is 0 Å². The van der Waals surface area contributed by atoms with E-state index in [1.165, 1.54) is 6.21 Å². The summed E-state index contributed by atoms with van der Waals surface area (Å²) in [6.07, 6.45) is 1.34. The highest BCUT2D eigenvalue weighted by molar-refractivity contribution is 5.80. The molecule has 0 unspecified atom stereocenters. The highest BCUT2D eigenvalue weighted by atomic mass is 16.5. The van der Waals surface area contributed by atoms with Gasteiger partial charge in [-0.1, -0.05) is 23.4 Å². The molecule has 0 aromatic heterocycles. The van der Waals surface area contributed by atoms with E-state index in [9.17, 15) is 0 Å². The zero-order valence-electron chi connectivity index (χ0n) is 14.3. The summed E-state index contributed by atoms with van der Waals surface area (Å²) < 4.78 is 17.2. The maximum atomic E-state index is 8.62. The van der Waals surface area contributed by atoms with Crippen LogP contribution < -0.4 is 14.2 Å². The van der Waals surface area contributed by atoms with Crippen LogP contribution in [0.3, 0.4) is 0 Å². The van der Waals surface area contributed by atoms with Crippen LogP contribution in [0.4, 0.5) is 0 Å². The summed E-state index contributed by atoms with van der Waals surface area (Å²) in [5.41, 5.74) is 2.95. The molecule has 5 heteroatoms. The van der Waals surface area contributed by atoms with Crippen molar-refractivity contribution >= 4 is 6.21 Å². The SMILES string of the molecule is CCOc1cc(C=NO)ccc1OCCOc1c(C)cccc1C. The molecule has 24 heavy (non-hydrogen) atoms. The molecule has 0 aliphatic carbocycles. The van der Waals surface area contributed by atoms with Gasteiger partial charge < -0.3 is 19.4 Å². The van der Waals surface area contributed by atoms with Crippen molar-refractivity contribution in [2.45, 2.75) is 20.8 Å². The Bertz CT molecular complexity index is 678. The number of aryl methyl sites for hydroxylation is 2. The smallest absolute Gasteiger partial charge is 0.161 e. The van der Waals surface area contributed by atoms with Gasteiger partial charge in [-0.2, -0.15) is 0 Å². The van der Waals surface area contributed by atoms with Crippen molar-refractivity contribution in [3.05, 3.63) is 53.1 Å². The van der Waals surface area contributed by atoms with Gasteiger partial charge in [0.2, 0.25) is 0 Å². The second kappa shape index (κ2) is 8.82. The molecule has 0 saturated heterocycles. The van der Waals surface area contributed by atoms with E-state index in [0.717, 1.165) is 22.4 Å². The number of hydrogen-bond donors (Lipinski definition) is 1. The maximum Gasteiger partial charge on any atom is 0.161 e. The lowest BCUT2D eigenvalue weighted by Crippen LogP contribution is -2.11. The Kier molecular flexibility index (Phi) is 6.49. The number of hydrogen-bond acceptors (Lipinski definition) is 5. The van der Waals surface area contributed by atoms with Gasteiger partial charge in [0.25, 0.3) is 0 Å². The summed E-state index contributed by atoms with van der Waals surface area (Å²) in [6, 6.07) is 11.4. The number of ether oxygens (including phenoxy) is 3. The maximum absolute atomic E-state index is 8.62. The molecule has 0 radical (unpaired) electrons. The number of para-hydroxylation sites is 1. The molecule has 2 aromatic rings. The number of benzene rings is 2. The molecule has 0 bridgehead atoms. The first-order valence-electron chi connectivity index (χ1n) is 7.91. The summed E-state index contributed by atoms with van der Waals surface area (Å²) in [5, 5.41) is 11.6. The van der Waals surface area contributed by atoms with Gasteiger partial charge in [-0.25, -0.2) is 0 Å². The first-order valence-corrected chi connectivity index (χ1v) is 7.91. The average Bonchev–Trinajstić information content (AvgIpc) is 2.56. The van der Waals surface area contributed by atoms with E-state index in [2.05, 4.69) is 5.16 Å². The summed E-state index contributed by atoms with van der Waals surface area (Å²) in [6.45, 7) is 7.32. The third-order valence-corrected chi connectivity index (χ3v) is 3.47. The highest BCUT2D eigenvalue weighted by Gasteiger charge is 2.07. The van der Waals surface area contributed by atoms with Crippen LogP contribution in [0, 0.1) is 13.8 Å². The predicted molar refractivity (Wildman–Crippen MR) is 93.9 cm³/mol. The van der Waals surface area contributed by atoms with Gasteiger partial charge >= 0.3 is 0 Å². The van der Waals surface area contributed by atoms with Gasteiger partial charge in [-0.05, 0) is 50.1 Å². The molecular weight excluding hydrogens is 306 g/mol. The van der Waals surface area contributed by atoms with Crippen LogP contribution in [0.1, 0.15) is 23.6 Å². The topological polar surface area (TPSA) is 60.3 Å². The lowest BCUT2D eigenvalue weighted by molar-refractivity contribution is 0.207. The number of nitrogens with zero attached hydrogens (tertiary/aromatic N) is 1. The van der Waals surface area contributed by atoms with Gasteiger partial charge in [-0.15, -0.1) is 0 Å². The zero-order chi connectivity index (χ0) is 17.4. The Hall–Kier alpha value is -2.69. The molecular formula is C19H23NO4. The largest absolute Gasteiger partial charge is 0.490 e. The molecule has 0 aliphatic rings. The standard InChI is InChI=1S/C19H23NO4/c1-4-22-18-12-16(13-20-21)8-9-17(18)23-10-11-24-19-14(2)6-5-7-15(19)3/h5-9,12-13,21H,4,10-11H2,1-3H3. The minimum Gasteiger partial charge on any atom is -0.490 e. The second-order valence-corrected chi connectivity index (χ2v) is 5.30. The predicted octanol–water partition coefficient (Wildman–Crippen LogP) is 3.97. The van der Waals surface area contributed by atoms with Gasteiger partial charge in [0, 0.05) is 5.56 Å². The van der Waals surface area contributed by atoms with E-state index in [1.54, 1.807) is 18.2 Å². The Morgan fingerprint density at radius 3 is 2.33 bits per heavy atom. The van der Waals surface area contributed by atoms with Crippen LogP contribution in [0.25, 0.3) is 0 Å². The lowest BCUT2D eigenvalue weighted by Gasteiger charge is -2.14. The Balaban J connectivity index is 1.96.